The van der Waals surface area contributed by atoms with Gasteiger partial charge in [0.25, 0.3) is 5.91 Å². The molecule has 1 aromatic carbocycles. The molecule has 0 aromatic heterocycles. The van der Waals surface area contributed by atoms with E-state index in [0.29, 0.717) is 18.7 Å². The van der Waals surface area contributed by atoms with Crippen LogP contribution in [0.1, 0.15) is 24.2 Å². The van der Waals surface area contributed by atoms with Gasteiger partial charge in [-0.3, -0.25) is 4.79 Å². The average molecular weight is 301 g/mol. The zero-order valence-electron chi connectivity index (χ0n) is 11.8. The fourth-order valence-electron chi connectivity index (χ4n) is 1.96. The second kappa shape index (κ2) is 6.36. The Morgan fingerprint density at radius 2 is 2.10 bits per heavy atom. The smallest absolute Gasteiger partial charge is 0.387 e. The van der Waals surface area contributed by atoms with E-state index in [9.17, 15) is 13.6 Å². The molecule has 1 saturated heterocycles. The van der Waals surface area contributed by atoms with Crippen LogP contribution in [0.5, 0.6) is 5.75 Å². The summed E-state index contributed by atoms with van der Waals surface area (Å²) in [5.74, 6) is -0.938. The molecule has 21 heavy (non-hydrogen) atoms. The summed E-state index contributed by atoms with van der Waals surface area (Å²) in [5.41, 5.74) is 0.356. The van der Waals surface area contributed by atoms with Crippen molar-refractivity contribution in [1.82, 2.24) is 5.32 Å². The van der Waals surface area contributed by atoms with Gasteiger partial charge in [0, 0.05) is 12.1 Å². The molecule has 2 rings (SSSR count). The van der Waals surface area contributed by atoms with Crippen molar-refractivity contribution in [3.8, 4) is 5.75 Å². The van der Waals surface area contributed by atoms with E-state index in [-0.39, 0.29) is 17.8 Å². The number of hydrogen-bond acceptors (Lipinski definition) is 4. The van der Waals surface area contributed by atoms with Crippen LogP contribution in [0.3, 0.4) is 0 Å². The van der Waals surface area contributed by atoms with E-state index in [1.165, 1.54) is 24.3 Å². The Kier molecular flexibility index (Phi) is 4.74. The number of carbonyl (C=O) groups is 1. The van der Waals surface area contributed by atoms with Gasteiger partial charge in [0.15, 0.2) is 5.79 Å². The SMILES string of the molecule is CC1(C)OCC(CNC(=O)c2ccc(OC(F)F)cc2)O1. The number of nitrogens with one attached hydrogen (secondary N) is 1. The van der Waals surface area contributed by atoms with E-state index < -0.39 is 12.4 Å². The third kappa shape index (κ3) is 4.64. The molecule has 1 atom stereocenters. The molecule has 1 unspecified atom stereocenters. The molecular weight excluding hydrogens is 284 g/mol. The van der Waals surface area contributed by atoms with Crippen molar-refractivity contribution >= 4 is 5.91 Å². The van der Waals surface area contributed by atoms with E-state index in [2.05, 4.69) is 10.1 Å². The van der Waals surface area contributed by atoms with Gasteiger partial charge in [-0.1, -0.05) is 0 Å². The minimum Gasteiger partial charge on any atom is -0.435 e. The van der Waals surface area contributed by atoms with Crippen LogP contribution in [0.2, 0.25) is 0 Å². The van der Waals surface area contributed by atoms with E-state index in [1.54, 1.807) is 13.8 Å². The number of alkyl halides is 2. The lowest BCUT2D eigenvalue weighted by Gasteiger charge is -2.17. The molecule has 0 saturated carbocycles. The maximum absolute atomic E-state index is 12.0. The Morgan fingerprint density at radius 1 is 1.43 bits per heavy atom. The normalized spacial score (nSPS) is 20.5. The summed E-state index contributed by atoms with van der Waals surface area (Å²) in [7, 11) is 0. The summed E-state index contributed by atoms with van der Waals surface area (Å²) >= 11 is 0. The van der Waals surface area contributed by atoms with Crippen molar-refractivity contribution in [2.45, 2.75) is 32.4 Å². The van der Waals surface area contributed by atoms with Crippen molar-refractivity contribution in [2.75, 3.05) is 13.2 Å². The molecule has 1 amide bonds. The number of carbonyl (C=O) groups excluding carboxylic acids is 1. The summed E-state index contributed by atoms with van der Waals surface area (Å²) in [6.45, 7) is 1.45. The first kappa shape index (κ1) is 15.7. The molecule has 1 fully saturated rings. The predicted octanol–water partition coefficient (Wildman–Crippen LogP) is 2.17. The fraction of sp³-hybridized carbons (Fsp3) is 0.500. The van der Waals surface area contributed by atoms with Gasteiger partial charge in [0.2, 0.25) is 0 Å². The number of hydrogen-bond donors (Lipinski definition) is 1. The zero-order valence-corrected chi connectivity index (χ0v) is 11.8. The summed E-state index contributed by atoms with van der Waals surface area (Å²) < 4.78 is 39.2. The van der Waals surface area contributed by atoms with Gasteiger partial charge in [-0.25, -0.2) is 0 Å². The standard InChI is InChI=1S/C14H17F2NO4/c1-14(2)19-8-11(21-14)7-17-12(18)9-3-5-10(6-4-9)20-13(15)16/h3-6,11,13H,7-8H2,1-2H3,(H,17,18). The third-order valence-electron chi connectivity index (χ3n) is 2.90. The Balaban J connectivity index is 1.83. The molecule has 0 radical (unpaired) electrons. The molecule has 7 heteroatoms. The van der Waals surface area contributed by atoms with Crippen molar-refractivity contribution in [3.63, 3.8) is 0 Å². The average Bonchev–Trinajstić information content (AvgIpc) is 2.76. The molecule has 5 nitrogen and oxygen atoms in total. The third-order valence-corrected chi connectivity index (χ3v) is 2.90. The molecular formula is C14H17F2NO4. The van der Waals surface area contributed by atoms with Gasteiger partial charge in [-0.2, -0.15) is 8.78 Å². The van der Waals surface area contributed by atoms with Crippen molar-refractivity contribution in [3.05, 3.63) is 29.8 Å². The highest BCUT2D eigenvalue weighted by atomic mass is 19.3. The summed E-state index contributed by atoms with van der Waals surface area (Å²) in [6.07, 6.45) is -0.203. The second-order valence-electron chi connectivity index (χ2n) is 5.06. The van der Waals surface area contributed by atoms with E-state index in [0.717, 1.165) is 0 Å². The Morgan fingerprint density at radius 3 is 2.62 bits per heavy atom. The molecule has 1 aliphatic rings. The number of rotatable bonds is 5. The first-order valence-electron chi connectivity index (χ1n) is 6.50. The van der Waals surface area contributed by atoms with Crippen LogP contribution in [-0.4, -0.2) is 37.6 Å². The molecule has 1 heterocycles. The van der Waals surface area contributed by atoms with Crippen LogP contribution in [0, 0.1) is 0 Å². The summed E-state index contributed by atoms with van der Waals surface area (Å²) in [4.78, 5) is 11.9. The molecule has 1 aromatic rings. The van der Waals surface area contributed by atoms with Gasteiger partial charge >= 0.3 is 6.61 Å². The number of halogens is 2. The highest BCUT2D eigenvalue weighted by molar-refractivity contribution is 5.94. The lowest BCUT2D eigenvalue weighted by molar-refractivity contribution is -0.137. The number of benzene rings is 1. The van der Waals surface area contributed by atoms with Gasteiger partial charge < -0.3 is 19.5 Å². The maximum atomic E-state index is 12.0. The summed E-state index contributed by atoms with van der Waals surface area (Å²) in [5, 5.41) is 2.71. The Hall–Kier alpha value is -1.73. The predicted molar refractivity (Wildman–Crippen MR) is 70.3 cm³/mol. The van der Waals surface area contributed by atoms with Crippen LogP contribution in [0.4, 0.5) is 8.78 Å². The highest BCUT2D eigenvalue weighted by Gasteiger charge is 2.32. The first-order valence-corrected chi connectivity index (χ1v) is 6.50. The Bertz CT molecular complexity index is 490. The van der Waals surface area contributed by atoms with Gasteiger partial charge in [-0.05, 0) is 38.1 Å². The highest BCUT2D eigenvalue weighted by Crippen LogP contribution is 2.21. The minimum absolute atomic E-state index is 0.0100. The quantitative estimate of drug-likeness (QED) is 0.905. The lowest BCUT2D eigenvalue weighted by atomic mass is 10.2. The molecule has 1 aliphatic heterocycles. The maximum Gasteiger partial charge on any atom is 0.387 e. The first-order chi connectivity index (χ1) is 9.85. The fourth-order valence-corrected chi connectivity index (χ4v) is 1.96. The van der Waals surface area contributed by atoms with Crippen LogP contribution in [-0.2, 0) is 9.47 Å². The van der Waals surface area contributed by atoms with Crippen LogP contribution >= 0.6 is 0 Å². The van der Waals surface area contributed by atoms with Crippen LogP contribution < -0.4 is 10.1 Å². The molecule has 116 valence electrons. The topological polar surface area (TPSA) is 56.8 Å². The van der Waals surface area contributed by atoms with Crippen molar-refractivity contribution in [2.24, 2.45) is 0 Å². The van der Waals surface area contributed by atoms with Gasteiger partial charge in [0.1, 0.15) is 11.9 Å². The second-order valence-corrected chi connectivity index (χ2v) is 5.06. The summed E-state index contributed by atoms with van der Waals surface area (Å²) in [6, 6.07) is 5.48. The molecule has 0 aliphatic carbocycles. The van der Waals surface area contributed by atoms with Crippen molar-refractivity contribution in [1.29, 1.82) is 0 Å². The monoisotopic (exact) mass is 301 g/mol. The van der Waals surface area contributed by atoms with Crippen LogP contribution in [0.25, 0.3) is 0 Å². The minimum atomic E-state index is -2.88. The largest absolute Gasteiger partial charge is 0.435 e. The zero-order chi connectivity index (χ0) is 15.5. The number of ether oxygens (including phenoxy) is 3. The van der Waals surface area contributed by atoms with E-state index in [1.807, 2.05) is 0 Å². The molecule has 1 N–H and O–H groups in total. The Labute approximate surface area is 121 Å². The van der Waals surface area contributed by atoms with Crippen LogP contribution in [0.15, 0.2) is 24.3 Å². The van der Waals surface area contributed by atoms with E-state index >= 15 is 0 Å². The van der Waals surface area contributed by atoms with Crippen molar-refractivity contribution < 1.29 is 27.8 Å². The molecule has 0 spiro atoms. The van der Waals surface area contributed by atoms with Gasteiger partial charge in [0.05, 0.1) is 6.61 Å². The molecule has 0 bridgehead atoms. The van der Waals surface area contributed by atoms with E-state index in [4.69, 9.17) is 9.47 Å². The van der Waals surface area contributed by atoms with Gasteiger partial charge in [-0.15, -0.1) is 0 Å². The number of amides is 1. The lowest BCUT2D eigenvalue weighted by Crippen LogP contribution is -2.34.